The second kappa shape index (κ2) is 10.3. The highest BCUT2D eigenvalue weighted by atomic mass is 32.2. The fourth-order valence-electron chi connectivity index (χ4n) is 6.41. The molecule has 2 aromatic rings. The second-order valence-corrected chi connectivity index (χ2v) is 13.0. The van der Waals surface area contributed by atoms with Crippen LogP contribution in [0.1, 0.15) is 49.7 Å². The highest BCUT2D eigenvalue weighted by molar-refractivity contribution is 7.88. The van der Waals surface area contributed by atoms with Crippen LogP contribution in [0.2, 0.25) is 0 Å². The van der Waals surface area contributed by atoms with Gasteiger partial charge in [-0.15, -0.1) is 0 Å². The van der Waals surface area contributed by atoms with Crippen LogP contribution in [0.5, 0.6) is 0 Å². The number of piperidine rings is 1. The highest BCUT2D eigenvalue weighted by Crippen LogP contribution is 2.63. The average molecular weight is 543 g/mol. The Hall–Kier alpha value is -3.03. The first-order valence-electron chi connectivity index (χ1n) is 13.1. The van der Waals surface area contributed by atoms with Gasteiger partial charge in [0.1, 0.15) is 0 Å². The van der Waals surface area contributed by atoms with Crippen LogP contribution in [0.15, 0.2) is 42.5 Å². The number of carbonyl (C=O) groups is 1. The molecule has 2 aliphatic carbocycles. The topological polar surface area (TPSA) is 93.5 Å². The number of carbonyl (C=O) groups excluding carboxylic acids is 1. The van der Waals surface area contributed by atoms with Gasteiger partial charge in [0.15, 0.2) is 11.6 Å². The van der Waals surface area contributed by atoms with Gasteiger partial charge in [-0.05, 0) is 85.6 Å². The number of urea groups is 1. The van der Waals surface area contributed by atoms with Crippen molar-refractivity contribution >= 4 is 21.7 Å². The quantitative estimate of drug-likeness (QED) is 0.565. The molecule has 3 atom stereocenters. The zero-order chi connectivity index (χ0) is 27.1. The molecule has 3 aliphatic rings. The van der Waals surface area contributed by atoms with E-state index in [1.807, 2.05) is 23.1 Å². The SMILES string of the molecule is CS(=O)(=O)N1CCC(CN(C(=O)Nc2ccc(F)c(F)c2)C2CC[C@]3(c4cccc(C#N)c4)CC3C2)CC1. The maximum absolute atomic E-state index is 13.8. The summed E-state index contributed by atoms with van der Waals surface area (Å²) in [5.41, 5.74) is 2.08. The molecule has 2 aromatic carbocycles. The molecule has 1 aliphatic heterocycles. The zero-order valence-electron chi connectivity index (χ0n) is 21.4. The van der Waals surface area contributed by atoms with Gasteiger partial charge in [-0.2, -0.15) is 5.26 Å². The van der Waals surface area contributed by atoms with Crippen LogP contribution in [0.25, 0.3) is 0 Å². The molecule has 10 heteroatoms. The van der Waals surface area contributed by atoms with Crippen LogP contribution in [0, 0.1) is 34.8 Å². The van der Waals surface area contributed by atoms with Crippen molar-refractivity contribution in [1.29, 1.82) is 5.26 Å². The molecular formula is C28H32F2N4O3S. The third-order valence-electron chi connectivity index (χ3n) is 8.65. The number of hydrogen-bond donors (Lipinski definition) is 1. The molecule has 0 spiro atoms. The monoisotopic (exact) mass is 542 g/mol. The van der Waals surface area contributed by atoms with E-state index < -0.39 is 21.7 Å². The predicted octanol–water partition coefficient (Wildman–Crippen LogP) is 4.85. The van der Waals surface area contributed by atoms with Crippen molar-refractivity contribution in [3.63, 3.8) is 0 Å². The molecule has 1 saturated heterocycles. The van der Waals surface area contributed by atoms with Crippen molar-refractivity contribution in [1.82, 2.24) is 9.21 Å². The molecule has 202 valence electrons. The van der Waals surface area contributed by atoms with E-state index in [4.69, 9.17) is 0 Å². The fourth-order valence-corrected chi connectivity index (χ4v) is 7.29. The Morgan fingerprint density at radius 1 is 1.16 bits per heavy atom. The molecule has 5 rings (SSSR count). The van der Waals surface area contributed by atoms with Crippen molar-refractivity contribution < 1.29 is 22.0 Å². The van der Waals surface area contributed by atoms with Gasteiger partial charge in [0.05, 0.1) is 17.9 Å². The number of amides is 2. The molecule has 1 heterocycles. The molecule has 3 fully saturated rings. The van der Waals surface area contributed by atoms with Crippen molar-refractivity contribution in [3.8, 4) is 6.07 Å². The lowest BCUT2D eigenvalue weighted by Crippen LogP contribution is -2.49. The van der Waals surface area contributed by atoms with E-state index in [0.717, 1.165) is 37.8 Å². The fraction of sp³-hybridized carbons (Fsp3) is 0.500. The van der Waals surface area contributed by atoms with E-state index in [-0.39, 0.29) is 29.1 Å². The van der Waals surface area contributed by atoms with E-state index in [1.54, 1.807) is 0 Å². The van der Waals surface area contributed by atoms with E-state index in [2.05, 4.69) is 17.5 Å². The highest BCUT2D eigenvalue weighted by Gasteiger charge is 2.58. The normalized spacial score (nSPS) is 25.7. The standard InChI is InChI=1S/C28H32F2N4O3S/c1-38(36,37)33-11-8-19(9-12-33)18-34(27(35)32-23-5-6-25(29)26(30)15-23)24-7-10-28(16-22(28)14-24)21-4-2-3-20(13-21)17-31/h2-6,13,15,19,22,24H,7-12,14,16,18H2,1H3,(H,32,35)/t22?,24?,28-/m1/s1. The van der Waals surface area contributed by atoms with E-state index in [1.165, 1.54) is 22.2 Å². The Balaban J connectivity index is 1.31. The molecule has 2 saturated carbocycles. The van der Waals surface area contributed by atoms with Crippen LogP contribution in [0.3, 0.4) is 0 Å². The third kappa shape index (κ3) is 5.40. The Bertz CT molecular complexity index is 1370. The first kappa shape index (κ1) is 26.6. The molecule has 38 heavy (non-hydrogen) atoms. The number of nitriles is 1. The first-order chi connectivity index (χ1) is 18.1. The number of anilines is 1. The van der Waals surface area contributed by atoms with E-state index in [9.17, 15) is 27.3 Å². The number of benzene rings is 2. The lowest BCUT2D eigenvalue weighted by Gasteiger charge is -2.40. The maximum atomic E-state index is 13.8. The Morgan fingerprint density at radius 3 is 2.58 bits per heavy atom. The molecular weight excluding hydrogens is 510 g/mol. The number of hydrogen-bond acceptors (Lipinski definition) is 4. The van der Waals surface area contributed by atoms with Crippen molar-refractivity contribution in [2.24, 2.45) is 11.8 Å². The van der Waals surface area contributed by atoms with Gasteiger partial charge in [0.25, 0.3) is 0 Å². The summed E-state index contributed by atoms with van der Waals surface area (Å²) in [6, 6.07) is 13.0. The Kier molecular flexibility index (Phi) is 7.18. The van der Waals surface area contributed by atoms with Crippen LogP contribution >= 0.6 is 0 Å². The van der Waals surface area contributed by atoms with E-state index >= 15 is 0 Å². The summed E-state index contributed by atoms with van der Waals surface area (Å²) in [7, 11) is -3.25. The van der Waals surface area contributed by atoms with Crippen LogP contribution in [0.4, 0.5) is 19.3 Å². The lowest BCUT2D eigenvalue weighted by molar-refractivity contribution is 0.132. The van der Waals surface area contributed by atoms with Crippen LogP contribution in [-0.4, -0.2) is 55.6 Å². The molecule has 1 N–H and O–H groups in total. The van der Waals surface area contributed by atoms with Crippen molar-refractivity contribution in [3.05, 3.63) is 65.2 Å². The minimum atomic E-state index is -3.25. The smallest absolute Gasteiger partial charge is 0.321 e. The Labute approximate surface area is 222 Å². The Morgan fingerprint density at radius 2 is 1.92 bits per heavy atom. The molecule has 2 amide bonds. The van der Waals surface area contributed by atoms with Gasteiger partial charge < -0.3 is 10.2 Å². The summed E-state index contributed by atoms with van der Waals surface area (Å²) in [6.45, 7) is 1.32. The number of nitrogens with one attached hydrogen (secondary N) is 1. The molecule has 0 radical (unpaired) electrons. The number of sulfonamides is 1. The molecule has 2 unspecified atom stereocenters. The number of nitrogens with zero attached hydrogens (tertiary/aromatic N) is 3. The van der Waals surface area contributed by atoms with Crippen LogP contribution in [-0.2, 0) is 15.4 Å². The van der Waals surface area contributed by atoms with Crippen molar-refractivity contribution in [2.75, 3.05) is 31.2 Å². The third-order valence-corrected chi connectivity index (χ3v) is 9.95. The van der Waals surface area contributed by atoms with Crippen LogP contribution < -0.4 is 5.32 Å². The summed E-state index contributed by atoms with van der Waals surface area (Å²) < 4.78 is 52.5. The number of halogens is 2. The summed E-state index contributed by atoms with van der Waals surface area (Å²) in [6.07, 6.45) is 6.06. The minimum absolute atomic E-state index is 0.0204. The first-order valence-corrected chi connectivity index (χ1v) is 14.9. The number of fused-ring (bicyclic) bond motifs is 1. The summed E-state index contributed by atoms with van der Waals surface area (Å²) in [4.78, 5) is 15.3. The largest absolute Gasteiger partial charge is 0.322 e. The van der Waals surface area contributed by atoms with Crippen molar-refractivity contribution in [2.45, 2.75) is 50.0 Å². The molecule has 0 bridgehead atoms. The minimum Gasteiger partial charge on any atom is -0.321 e. The van der Waals surface area contributed by atoms with Gasteiger partial charge in [-0.3, -0.25) is 0 Å². The zero-order valence-corrected chi connectivity index (χ0v) is 22.2. The molecule has 0 aromatic heterocycles. The lowest BCUT2D eigenvalue weighted by atomic mass is 9.79. The maximum Gasteiger partial charge on any atom is 0.322 e. The summed E-state index contributed by atoms with van der Waals surface area (Å²) in [5.74, 6) is -1.46. The van der Waals surface area contributed by atoms with Gasteiger partial charge >= 0.3 is 6.03 Å². The molecule has 7 nitrogen and oxygen atoms in total. The number of rotatable bonds is 6. The van der Waals surface area contributed by atoms with Gasteiger partial charge in [-0.25, -0.2) is 26.3 Å². The van der Waals surface area contributed by atoms with E-state index in [0.29, 0.717) is 44.0 Å². The second-order valence-electron chi connectivity index (χ2n) is 11.0. The summed E-state index contributed by atoms with van der Waals surface area (Å²) >= 11 is 0. The van der Waals surface area contributed by atoms with Gasteiger partial charge in [0, 0.05) is 37.4 Å². The predicted molar refractivity (Wildman–Crippen MR) is 140 cm³/mol. The average Bonchev–Trinajstić information content (AvgIpc) is 3.64. The van der Waals surface area contributed by atoms with Gasteiger partial charge in [0.2, 0.25) is 10.0 Å². The summed E-state index contributed by atoms with van der Waals surface area (Å²) in [5, 5.41) is 12.1. The van der Waals surface area contributed by atoms with Gasteiger partial charge in [-0.1, -0.05) is 12.1 Å².